The molecule has 0 N–H and O–H groups in total. The molecule has 0 fully saturated rings. The van der Waals surface area contributed by atoms with Crippen molar-refractivity contribution >= 4 is 11.6 Å². The molecule has 0 bridgehead atoms. The smallest absolute Gasteiger partial charge is 0.00386 e. The Kier molecular flexibility index (Phi) is 1.40. The number of rotatable bonds is 0. The van der Waals surface area contributed by atoms with Crippen molar-refractivity contribution in [2.75, 3.05) is 0 Å². The van der Waals surface area contributed by atoms with E-state index in [4.69, 9.17) is 0 Å². The van der Waals surface area contributed by atoms with Gasteiger partial charge in [0, 0.05) is 0 Å². The average molecular weight is 178 g/mol. The molecule has 0 saturated carbocycles. The summed E-state index contributed by atoms with van der Waals surface area (Å²) in [6, 6.07) is 12.7. The summed E-state index contributed by atoms with van der Waals surface area (Å²) in [5.74, 6) is 0. The van der Waals surface area contributed by atoms with E-state index in [0.29, 0.717) is 0 Å². The van der Waals surface area contributed by atoms with Crippen LogP contribution < -0.4 is 0 Å². The van der Waals surface area contributed by atoms with Crippen LogP contribution in [0.25, 0.3) is 22.8 Å². The van der Waals surface area contributed by atoms with Crippen LogP contribution in [0.2, 0.25) is 0 Å². The Balaban J connectivity index is 2.41. The van der Waals surface area contributed by atoms with Crippen LogP contribution in [0.15, 0.2) is 49.1 Å². The third-order valence-corrected chi connectivity index (χ3v) is 2.73. The molecule has 0 aromatic carbocycles. The lowest BCUT2D eigenvalue weighted by Crippen LogP contribution is -1.75. The highest BCUT2D eigenvalue weighted by Gasteiger charge is 2.17. The Morgan fingerprint density at radius 1 is 0.929 bits per heavy atom. The number of hydrogen-bond acceptors (Lipinski definition) is 0. The predicted molar refractivity (Wildman–Crippen MR) is 61.1 cm³/mol. The summed E-state index contributed by atoms with van der Waals surface area (Å²) in [6.45, 7) is 4.05. The average Bonchev–Trinajstić information content (AvgIpc) is 2.61. The first-order valence-corrected chi connectivity index (χ1v) is 4.75. The zero-order valence-corrected chi connectivity index (χ0v) is 7.83. The number of hydrogen-bond donors (Lipinski definition) is 0. The van der Waals surface area contributed by atoms with E-state index in [1.54, 1.807) is 0 Å². The van der Waals surface area contributed by atoms with Crippen LogP contribution in [0.5, 0.6) is 0 Å². The minimum atomic E-state index is 1.13. The molecule has 0 aliphatic heterocycles. The molecule has 0 atom stereocenters. The molecule has 66 valence electrons. The van der Waals surface area contributed by atoms with Crippen LogP contribution in [0.4, 0.5) is 0 Å². The summed E-state index contributed by atoms with van der Waals surface area (Å²) in [4.78, 5) is 0. The van der Waals surface area contributed by atoms with Crippen LogP contribution in [0, 0.1) is 0 Å². The number of fused-ring (bicyclic) bond motifs is 3. The third-order valence-electron chi connectivity index (χ3n) is 2.73. The van der Waals surface area contributed by atoms with Crippen molar-refractivity contribution in [3.63, 3.8) is 0 Å². The maximum absolute atomic E-state index is 4.05. The molecule has 0 radical (unpaired) electrons. The summed E-state index contributed by atoms with van der Waals surface area (Å²) in [7, 11) is 0. The Morgan fingerprint density at radius 2 is 1.79 bits per heavy atom. The first kappa shape index (κ1) is 7.57. The van der Waals surface area contributed by atoms with Crippen LogP contribution in [-0.2, 0) is 0 Å². The maximum atomic E-state index is 4.05. The van der Waals surface area contributed by atoms with Gasteiger partial charge in [-0.1, -0.05) is 49.1 Å². The van der Waals surface area contributed by atoms with Gasteiger partial charge < -0.3 is 0 Å². The molecule has 0 spiro atoms. The van der Waals surface area contributed by atoms with Crippen LogP contribution in [-0.4, -0.2) is 0 Å². The van der Waals surface area contributed by atoms with Crippen molar-refractivity contribution in [1.29, 1.82) is 0 Å². The summed E-state index contributed by atoms with van der Waals surface area (Å²) < 4.78 is 0. The second-order valence-corrected chi connectivity index (χ2v) is 3.61. The fraction of sp³-hybridized carbons (Fsp3) is 0. The van der Waals surface area contributed by atoms with Gasteiger partial charge in [-0.3, -0.25) is 0 Å². The molecule has 0 aromatic rings. The predicted octanol–water partition coefficient (Wildman–Crippen LogP) is 3.83. The normalized spacial score (nSPS) is 13.6. The van der Waals surface area contributed by atoms with Crippen molar-refractivity contribution < 1.29 is 0 Å². The van der Waals surface area contributed by atoms with E-state index in [0.717, 1.165) is 5.57 Å². The van der Waals surface area contributed by atoms with Gasteiger partial charge in [0.05, 0.1) is 0 Å². The minimum Gasteiger partial charge on any atom is -0.0911 e. The first-order valence-electron chi connectivity index (χ1n) is 4.75. The van der Waals surface area contributed by atoms with Crippen LogP contribution in [0.3, 0.4) is 0 Å². The molecule has 0 heteroatoms. The molecule has 0 heterocycles. The fourth-order valence-electron chi connectivity index (χ4n) is 2.07. The van der Waals surface area contributed by atoms with Gasteiger partial charge in [-0.25, -0.2) is 0 Å². The summed E-state index contributed by atoms with van der Waals surface area (Å²) >= 11 is 0. The Hall–Kier alpha value is -1.82. The van der Waals surface area contributed by atoms with Crippen molar-refractivity contribution in [2.24, 2.45) is 0 Å². The van der Waals surface area contributed by atoms with Crippen molar-refractivity contribution in [3.8, 4) is 11.1 Å². The van der Waals surface area contributed by atoms with Crippen molar-refractivity contribution in [2.45, 2.75) is 0 Å². The monoisotopic (exact) mass is 178 g/mol. The molecular formula is C14H10. The molecule has 0 amide bonds. The van der Waals surface area contributed by atoms with E-state index in [1.165, 1.54) is 22.3 Å². The fourth-order valence-corrected chi connectivity index (χ4v) is 2.07. The highest BCUT2D eigenvalue weighted by atomic mass is 14.2. The maximum Gasteiger partial charge on any atom is -0.00386 e. The third kappa shape index (κ3) is 0.882. The lowest BCUT2D eigenvalue weighted by Gasteiger charge is -1.98. The standard InChI is InChI=1S/C14H10/c1-10-7-8-12-9-11-5-3-2-4-6-13(11)14(10)12/h2-9H,1H2. The Morgan fingerprint density at radius 3 is 2.71 bits per heavy atom. The number of allylic oxidation sites excluding steroid dienone is 2. The van der Waals surface area contributed by atoms with E-state index in [9.17, 15) is 0 Å². The van der Waals surface area contributed by atoms with Crippen molar-refractivity contribution in [3.05, 3.63) is 60.2 Å². The van der Waals surface area contributed by atoms with Gasteiger partial charge in [-0.2, -0.15) is 0 Å². The highest BCUT2D eigenvalue weighted by molar-refractivity contribution is 5.98. The molecule has 0 unspecified atom stereocenters. The van der Waals surface area contributed by atoms with E-state index in [-0.39, 0.29) is 0 Å². The molecule has 3 aliphatic rings. The van der Waals surface area contributed by atoms with Crippen molar-refractivity contribution in [1.82, 2.24) is 0 Å². The Labute approximate surface area is 83.5 Å². The molecule has 14 heavy (non-hydrogen) atoms. The lowest BCUT2D eigenvalue weighted by molar-refractivity contribution is 1.76. The second-order valence-electron chi connectivity index (χ2n) is 3.61. The van der Waals surface area contributed by atoms with Gasteiger partial charge in [0.2, 0.25) is 0 Å². The van der Waals surface area contributed by atoms with E-state index in [1.807, 2.05) is 0 Å². The lowest BCUT2D eigenvalue weighted by atomic mass is 10.1. The molecule has 3 rings (SSSR count). The van der Waals surface area contributed by atoms with Crippen LogP contribution >= 0.6 is 0 Å². The van der Waals surface area contributed by atoms with Crippen LogP contribution in [0.1, 0.15) is 11.1 Å². The molecule has 0 aromatic heterocycles. The zero-order valence-electron chi connectivity index (χ0n) is 7.83. The largest absolute Gasteiger partial charge is 0.0911 e. The molecule has 0 saturated heterocycles. The minimum absolute atomic E-state index is 1.13. The van der Waals surface area contributed by atoms with Gasteiger partial charge >= 0.3 is 0 Å². The van der Waals surface area contributed by atoms with Gasteiger partial charge in [0.1, 0.15) is 0 Å². The SMILES string of the molecule is C=C1C=Cc2cc3cccccc-3c21. The first-order chi connectivity index (χ1) is 6.86. The highest BCUT2D eigenvalue weighted by Crippen LogP contribution is 2.40. The van der Waals surface area contributed by atoms with E-state index in [2.05, 4.69) is 55.1 Å². The molecule has 0 nitrogen and oxygen atoms in total. The molecule has 3 aliphatic carbocycles. The zero-order chi connectivity index (χ0) is 9.54. The Bertz CT molecular complexity index is 518. The van der Waals surface area contributed by atoms with E-state index < -0.39 is 0 Å². The van der Waals surface area contributed by atoms with Gasteiger partial charge in [-0.05, 0) is 33.9 Å². The van der Waals surface area contributed by atoms with Gasteiger partial charge in [0.15, 0.2) is 0 Å². The summed E-state index contributed by atoms with van der Waals surface area (Å²) in [6.07, 6.45) is 4.22. The van der Waals surface area contributed by atoms with E-state index >= 15 is 0 Å². The summed E-state index contributed by atoms with van der Waals surface area (Å²) in [5, 5.41) is 0. The topological polar surface area (TPSA) is 0 Å². The summed E-state index contributed by atoms with van der Waals surface area (Å²) in [5.41, 5.74) is 6.33. The second kappa shape index (κ2) is 2.58. The van der Waals surface area contributed by atoms with Gasteiger partial charge in [-0.15, -0.1) is 0 Å². The molecular weight excluding hydrogens is 168 g/mol. The van der Waals surface area contributed by atoms with Gasteiger partial charge in [0.25, 0.3) is 0 Å². The quantitative estimate of drug-likeness (QED) is 0.575.